The van der Waals surface area contributed by atoms with Crippen molar-refractivity contribution in [1.82, 2.24) is 9.97 Å². The third kappa shape index (κ3) is 4.09. The van der Waals surface area contributed by atoms with E-state index in [0.717, 1.165) is 0 Å². The molecule has 0 spiro atoms. The topological polar surface area (TPSA) is 49.3 Å². The molecule has 0 aliphatic carbocycles. The summed E-state index contributed by atoms with van der Waals surface area (Å²) in [5, 5.41) is 0.257. The molecule has 1 amide bonds. The lowest BCUT2D eigenvalue weighted by Gasteiger charge is -2.31. The van der Waals surface area contributed by atoms with Crippen molar-refractivity contribution in [2.45, 2.75) is 0 Å². The molecule has 0 saturated carbocycles. The molecule has 0 radical (unpaired) electrons. The first-order valence-electron chi connectivity index (χ1n) is 9.36. The number of rotatable bonds is 4. The normalized spacial score (nSPS) is 10.3. The van der Waals surface area contributed by atoms with Gasteiger partial charge in [0.2, 0.25) is 0 Å². The van der Waals surface area contributed by atoms with Gasteiger partial charge in [-0.05, 0) is 60.7 Å². The van der Waals surface area contributed by atoms with Crippen LogP contribution in [-0.2, 0) is 0 Å². The summed E-state index contributed by atoms with van der Waals surface area (Å²) in [6, 6.07) is 29.5. The summed E-state index contributed by atoms with van der Waals surface area (Å²) in [6.07, 6.45) is 3.36. The van der Waals surface area contributed by atoms with E-state index >= 15 is 0 Å². The molecule has 4 aromatic rings. The van der Waals surface area contributed by atoms with E-state index in [-0.39, 0.29) is 11.0 Å². The van der Waals surface area contributed by atoms with Crippen LogP contribution in [0, 0.1) is 0 Å². The second-order valence-corrected chi connectivity index (χ2v) is 6.70. The summed E-state index contributed by atoms with van der Waals surface area (Å²) in [6.45, 7) is 0. The summed E-state index contributed by atoms with van der Waals surface area (Å²) >= 11 is 5.87. The van der Waals surface area contributed by atoms with Crippen molar-refractivity contribution < 1.29 is 4.79 Å². The van der Waals surface area contributed by atoms with Crippen LogP contribution in [0.1, 0.15) is 10.4 Å². The van der Waals surface area contributed by atoms with Crippen molar-refractivity contribution in [3.05, 3.63) is 115 Å². The minimum absolute atomic E-state index is 0.233. The lowest BCUT2D eigenvalue weighted by molar-refractivity contribution is 0.100. The van der Waals surface area contributed by atoms with Gasteiger partial charge in [-0.2, -0.15) is 0 Å². The SMILES string of the molecule is O=C(c1ccccc1)N(C(=S)N(c1ccccn1)c1ccccn1)c1ccccc1. The van der Waals surface area contributed by atoms with E-state index in [9.17, 15) is 4.79 Å². The molecule has 0 unspecified atom stereocenters. The highest BCUT2D eigenvalue weighted by Crippen LogP contribution is 2.27. The van der Waals surface area contributed by atoms with Gasteiger partial charge in [-0.1, -0.05) is 48.5 Å². The maximum atomic E-state index is 13.5. The lowest BCUT2D eigenvalue weighted by atomic mass is 10.2. The van der Waals surface area contributed by atoms with Gasteiger partial charge >= 0.3 is 0 Å². The summed E-state index contributed by atoms with van der Waals surface area (Å²) in [4.78, 5) is 25.6. The largest absolute Gasteiger partial charge is 0.268 e. The lowest BCUT2D eigenvalue weighted by Crippen LogP contribution is -2.45. The molecule has 5 nitrogen and oxygen atoms in total. The molecule has 146 valence electrons. The first kappa shape index (κ1) is 19.4. The van der Waals surface area contributed by atoms with Crippen molar-refractivity contribution in [3.8, 4) is 0 Å². The van der Waals surface area contributed by atoms with Gasteiger partial charge < -0.3 is 0 Å². The molecule has 2 heterocycles. The molecular formula is C24H18N4OS. The van der Waals surface area contributed by atoms with Crippen molar-refractivity contribution >= 4 is 40.6 Å². The van der Waals surface area contributed by atoms with Crippen LogP contribution < -0.4 is 9.80 Å². The monoisotopic (exact) mass is 410 g/mol. The molecule has 0 N–H and O–H groups in total. The maximum Gasteiger partial charge on any atom is 0.264 e. The molecule has 2 aromatic heterocycles. The fourth-order valence-corrected chi connectivity index (χ4v) is 3.36. The van der Waals surface area contributed by atoms with Crippen molar-refractivity contribution in [2.24, 2.45) is 0 Å². The number of hydrogen-bond acceptors (Lipinski definition) is 4. The van der Waals surface area contributed by atoms with Gasteiger partial charge in [0, 0.05) is 18.0 Å². The van der Waals surface area contributed by atoms with Crippen molar-refractivity contribution in [2.75, 3.05) is 9.80 Å². The third-order valence-electron chi connectivity index (χ3n) is 4.38. The number of thiocarbonyl (C=S) groups is 1. The quantitative estimate of drug-likeness (QED) is 0.430. The van der Waals surface area contributed by atoms with Gasteiger partial charge in [-0.25, -0.2) is 9.97 Å². The van der Waals surface area contributed by atoms with Crippen LogP contribution >= 0.6 is 12.2 Å². The number of amides is 1. The van der Waals surface area contributed by atoms with E-state index in [2.05, 4.69) is 9.97 Å². The number of carbonyl (C=O) groups is 1. The summed E-state index contributed by atoms with van der Waals surface area (Å²) in [5.41, 5.74) is 1.19. The molecular weight excluding hydrogens is 392 g/mol. The van der Waals surface area contributed by atoms with Crippen LogP contribution in [-0.4, -0.2) is 21.0 Å². The van der Waals surface area contributed by atoms with Gasteiger partial charge in [0.1, 0.15) is 11.6 Å². The van der Waals surface area contributed by atoms with E-state index in [1.807, 2.05) is 84.9 Å². The Bertz CT molecular complexity index is 1080. The minimum atomic E-state index is -0.233. The Labute approximate surface area is 180 Å². The van der Waals surface area contributed by atoms with Crippen LogP contribution in [0.3, 0.4) is 0 Å². The highest BCUT2D eigenvalue weighted by Gasteiger charge is 2.28. The molecule has 0 fully saturated rings. The predicted octanol–water partition coefficient (Wildman–Crippen LogP) is 5.25. The second-order valence-electron chi connectivity index (χ2n) is 6.34. The Morgan fingerprint density at radius 2 is 1.17 bits per heavy atom. The Balaban J connectivity index is 1.84. The van der Waals surface area contributed by atoms with Crippen LogP contribution in [0.25, 0.3) is 0 Å². The zero-order valence-corrected chi connectivity index (χ0v) is 16.8. The van der Waals surface area contributed by atoms with E-state index in [1.165, 1.54) is 4.90 Å². The average molecular weight is 411 g/mol. The fourth-order valence-electron chi connectivity index (χ4n) is 2.99. The molecule has 4 rings (SSSR count). The van der Waals surface area contributed by atoms with Crippen molar-refractivity contribution in [1.29, 1.82) is 0 Å². The molecule has 0 saturated heterocycles. The van der Waals surface area contributed by atoms with E-state index in [1.54, 1.807) is 29.4 Å². The Morgan fingerprint density at radius 1 is 0.667 bits per heavy atom. The number of aromatic nitrogens is 2. The number of pyridine rings is 2. The molecule has 30 heavy (non-hydrogen) atoms. The first-order chi connectivity index (χ1) is 14.8. The van der Waals surface area contributed by atoms with Crippen LogP contribution in [0.15, 0.2) is 109 Å². The van der Waals surface area contributed by atoms with E-state index in [4.69, 9.17) is 12.2 Å². The Hall–Kier alpha value is -3.90. The molecule has 6 heteroatoms. The highest BCUT2D eigenvalue weighted by atomic mass is 32.1. The molecule has 2 aromatic carbocycles. The van der Waals surface area contributed by atoms with Crippen LogP contribution in [0.2, 0.25) is 0 Å². The van der Waals surface area contributed by atoms with E-state index < -0.39 is 0 Å². The zero-order valence-electron chi connectivity index (χ0n) is 16.0. The molecule has 0 bridgehead atoms. The van der Waals surface area contributed by atoms with Gasteiger partial charge in [0.05, 0.1) is 5.69 Å². The zero-order chi connectivity index (χ0) is 20.8. The second kappa shape index (κ2) is 9.07. The smallest absolute Gasteiger partial charge is 0.264 e. The summed E-state index contributed by atoms with van der Waals surface area (Å²) < 4.78 is 0. The maximum absolute atomic E-state index is 13.5. The van der Waals surface area contributed by atoms with Crippen LogP contribution in [0.4, 0.5) is 17.3 Å². The number of nitrogens with zero attached hydrogens (tertiary/aromatic N) is 4. The van der Waals surface area contributed by atoms with Crippen molar-refractivity contribution in [3.63, 3.8) is 0 Å². The number of carbonyl (C=O) groups excluding carboxylic acids is 1. The van der Waals surface area contributed by atoms with Gasteiger partial charge in [0.25, 0.3) is 5.91 Å². The molecule has 0 atom stereocenters. The average Bonchev–Trinajstić information content (AvgIpc) is 2.82. The molecule has 0 aliphatic rings. The Morgan fingerprint density at radius 3 is 1.67 bits per heavy atom. The van der Waals surface area contributed by atoms with Gasteiger partial charge in [-0.3, -0.25) is 14.6 Å². The van der Waals surface area contributed by atoms with Gasteiger partial charge in [-0.15, -0.1) is 0 Å². The van der Waals surface area contributed by atoms with Gasteiger partial charge in [0.15, 0.2) is 5.11 Å². The number of benzene rings is 2. The highest BCUT2D eigenvalue weighted by molar-refractivity contribution is 7.81. The Kier molecular flexibility index (Phi) is 5.87. The first-order valence-corrected chi connectivity index (χ1v) is 9.77. The number of hydrogen-bond donors (Lipinski definition) is 0. The molecule has 0 aliphatic heterocycles. The number of para-hydroxylation sites is 1. The van der Waals surface area contributed by atoms with E-state index in [0.29, 0.717) is 22.9 Å². The summed E-state index contributed by atoms with van der Waals surface area (Å²) in [7, 11) is 0. The van der Waals surface area contributed by atoms with Crippen LogP contribution in [0.5, 0.6) is 0 Å². The number of anilines is 3. The minimum Gasteiger partial charge on any atom is -0.268 e. The standard InChI is InChI=1S/C24H18N4OS/c29-23(19-11-3-1-4-12-19)27(20-13-5-2-6-14-20)24(30)28(21-15-7-9-17-25-21)22-16-8-10-18-26-22/h1-18H. The fraction of sp³-hybridized carbons (Fsp3) is 0. The summed E-state index contributed by atoms with van der Waals surface area (Å²) in [5.74, 6) is 0.912. The predicted molar refractivity (Wildman–Crippen MR) is 123 cm³/mol. The third-order valence-corrected chi connectivity index (χ3v) is 4.74.